The Morgan fingerprint density at radius 1 is 1.50 bits per heavy atom. The van der Waals surface area contributed by atoms with Crippen molar-refractivity contribution in [1.29, 1.82) is 0 Å². The van der Waals surface area contributed by atoms with E-state index in [2.05, 4.69) is 9.55 Å². The molecular formula is C14H16N2O2. The van der Waals surface area contributed by atoms with Gasteiger partial charge in [-0.25, -0.2) is 9.78 Å². The van der Waals surface area contributed by atoms with Crippen LogP contribution >= 0.6 is 0 Å². The van der Waals surface area contributed by atoms with Crippen LogP contribution in [0.25, 0.3) is 11.0 Å². The van der Waals surface area contributed by atoms with E-state index in [0.29, 0.717) is 5.56 Å². The molecule has 4 heteroatoms. The molecule has 0 radical (unpaired) electrons. The first-order valence-electron chi connectivity index (χ1n) is 6.35. The van der Waals surface area contributed by atoms with E-state index in [0.717, 1.165) is 29.3 Å². The Morgan fingerprint density at radius 2 is 2.28 bits per heavy atom. The quantitative estimate of drug-likeness (QED) is 0.903. The van der Waals surface area contributed by atoms with Crippen molar-refractivity contribution in [1.82, 2.24) is 9.55 Å². The topological polar surface area (TPSA) is 55.1 Å². The molecule has 4 nitrogen and oxygen atoms in total. The van der Waals surface area contributed by atoms with Crippen molar-refractivity contribution >= 4 is 17.0 Å². The third-order valence-corrected chi connectivity index (χ3v) is 3.85. The fourth-order valence-corrected chi connectivity index (χ4v) is 2.54. The summed E-state index contributed by atoms with van der Waals surface area (Å²) in [5.74, 6) is 0.819. The van der Waals surface area contributed by atoms with Gasteiger partial charge < -0.3 is 9.67 Å². The first kappa shape index (κ1) is 11.3. The molecule has 1 N–H and O–H groups in total. The average Bonchev–Trinajstić information content (AvgIpc) is 2.58. The third kappa shape index (κ3) is 1.78. The molecule has 18 heavy (non-hydrogen) atoms. The van der Waals surface area contributed by atoms with Crippen LogP contribution in [0.2, 0.25) is 0 Å². The first-order valence-corrected chi connectivity index (χ1v) is 6.35. The van der Waals surface area contributed by atoms with Gasteiger partial charge in [0.1, 0.15) is 5.82 Å². The molecular weight excluding hydrogens is 228 g/mol. The lowest BCUT2D eigenvalue weighted by Crippen LogP contribution is -2.18. The Balaban J connectivity index is 2.06. The molecule has 1 saturated carbocycles. The van der Waals surface area contributed by atoms with Crippen molar-refractivity contribution in [3.05, 3.63) is 29.6 Å². The molecule has 0 saturated heterocycles. The highest BCUT2D eigenvalue weighted by atomic mass is 16.4. The van der Waals surface area contributed by atoms with Crippen molar-refractivity contribution in [2.75, 3.05) is 0 Å². The smallest absolute Gasteiger partial charge is 0.335 e. The second kappa shape index (κ2) is 4.12. The number of imidazole rings is 1. The number of carboxylic acids is 1. The second-order valence-corrected chi connectivity index (χ2v) is 5.08. The van der Waals surface area contributed by atoms with Crippen molar-refractivity contribution in [2.24, 2.45) is 5.92 Å². The van der Waals surface area contributed by atoms with Crippen LogP contribution in [-0.2, 0) is 6.54 Å². The normalized spacial score (nSPS) is 15.8. The van der Waals surface area contributed by atoms with Crippen LogP contribution in [0, 0.1) is 12.8 Å². The minimum absolute atomic E-state index is 0.331. The van der Waals surface area contributed by atoms with Gasteiger partial charge in [0.15, 0.2) is 0 Å². The number of aryl methyl sites for hydroxylation is 1. The second-order valence-electron chi connectivity index (χ2n) is 5.08. The van der Waals surface area contributed by atoms with E-state index in [1.54, 1.807) is 18.2 Å². The molecule has 2 aromatic rings. The van der Waals surface area contributed by atoms with Crippen LogP contribution in [0.15, 0.2) is 18.2 Å². The molecule has 1 aromatic heterocycles. The molecule has 1 aliphatic rings. The summed E-state index contributed by atoms with van der Waals surface area (Å²) in [6.07, 6.45) is 3.87. The van der Waals surface area contributed by atoms with Crippen LogP contribution in [-0.4, -0.2) is 20.6 Å². The zero-order valence-corrected chi connectivity index (χ0v) is 10.4. The minimum Gasteiger partial charge on any atom is -0.478 e. The van der Waals surface area contributed by atoms with Gasteiger partial charge in [-0.2, -0.15) is 0 Å². The molecule has 0 aliphatic heterocycles. The van der Waals surface area contributed by atoms with Gasteiger partial charge in [0, 0.05) is 6.54 Å². The average molecular weight is 244 g/mol. The largest absolute Gasteiger partial charge is 0.478 e. The lowest BCUT2D eigenvalue weighted by molar-refractivity contribution is 0.0697. The molecule has 1 fully saturated rings. The highest BCUT2D eigenvalue weighted by molar-refractivity contribution is 5.92. The molecule has 3 rings (SSSR count). The molecule has 0 bridgehead atoms. The van der Waals surface area contributed by atoms with E-state index in [1.807, 2.05) is 6.92 Å². The molecule has 94 valence electrons. The zero-order valence-electron chi connectivity index (χ0n) is 10.4. The fourth-order valence-electron chi connectivity index (χ4n) is 2.54. The Labute approximate surface area is 105 Å². The summed E-state index contributed by atoms with van der Waals surface area (Å²) in [4.78, 5) is 15.5. The van der Waals surface area contributed by atoms with Gasteiger partial charge in [0.05, 0.1) is 16.6 Å². The molecule has 1 aromatic carbocycles. The Bertz CT molecular complexity index is 612. The van der Waals surface area contributed by atoms with Gasteiger partial charge in [-0.15, -0.1) is 0 Å². The van der Waals surface area contributed by atoms with Crippen molar-refractivity contribution in [2.45, 2.75) is 32.7 Å². The summed E-state index contributed by atoms with van der Waals surface area (Å²) in [5, 5.41) is 9.05. The number of hydrogen-bond acceptors (Lipinski definition) is 2. The maximum atomic E-state index is 11.0. The van der Waals surface area contributed by atoms with E-state index in [4.69, 9.17) is 5.11 Å². The number of benzene rings is 1. The van der Waals surface area contributed by atoms with Crippen molar-refractivity contribution in [3.63, 3.8) is 0 Å². The van der Waals surface area contributed by atoms with Gasteiger partial charge in [0.25, 0.3) is 0 Å². The van der Waals surface area contributed by atoms with Crippen LogP contribution in [0.3, 0.4) is 0 Å². The Kier molecular flexibility index (Phi) is 2.58. The number of hydrogen-bond donors (Lipinski definition) is 1. The Hall–Kier alpha value is -1.84. The molecule has 0 unspecified atom stereocenters. The zero-order chi connectivity index (χ0) is 12.7. The number of carboxylic acid groups (broad SMARTS) is 1. The highest BCUT2D eigenvalue weighted by Gasteiger charge is 2.20. The SMILES string of the molecule is Cc1nc2ccc(C(=O)O)cc2n1CC1CCC1. The Morgan fingerprint density at radius 3 is 2.89 bits per heavy atom. The van der Waals surface area contributed by atoms with Crippen molar-refractivity contribution in [3.8, 4) is 0 Å². The number of carbonyl (C=O) groups is 1. The summed E-state index contributed by atoms with van der Waals surface area (Å²) < 4.78 is 2.16. The molecule has 0 spiro atoms. The lowest BCUT2D eigenvalue weighted by Gasteiger charge is -2.26. The van der Waals surface area contributed by atoms with Gasteiger partial charge in [-0.1, -0.05) is 6.42 Å². The summed E-state index contributed by atoms with van der Waals surface area (Å²) in [6.45, 7) is 2.95. The number of nitrogens with zero attached hydrogens (tertiary/aromatic N) is 2. The third-order valence-electron chi connectivity index (χ3n) is 3.85. The molecule has 1 aliphatic carbocycles. The van der Waals surface area contributed by atoms with Gasteiger partial charge in [-0.05, 0) is 43.9 Å². The van der Waals surface area contributed by atoms with Crippen molar-refractivity contribution < 1.29 is 9.90 Å². The minimum atomic E-state index is -0.883. The maximum absolute atomic E-state index is 11.0. The van der Waals surface area contributed by atoms with E-state index in [1.165, 1.54) is 19.3 Å². The monoisotopic (exact) mass is 244 g/mol. The maximum Gasteiger partial charge on any atom is 0.335 e. The van der Waals surface area contributed by atoms with Crippen LogP contribution in [0.5, 0.6) is 0 Å². The van der Waals surface area contributed by atoms with Crippen LogP contribution in [0.4, 0.5) is 0 Å². The molecule has 0 atom stereocenters. The molecule has 1 heterocycles. The van der Waals surface area contributed by atoms with Gasteiger partial charge in [-0.3, -0.25) is 0 Å². The van der Waals surface area contributed by atoms with Gasteiger partial charge in [0.2, 0.25) is 0 Å². The number of aromatic nitrogens is 2. The number of fused-ring (bicyclic) bond motifs is 1. The van der Waals surface area contributed by atoms with E-state index in [9.17, 15) is 4.79 Å². The summed E-state index contributed by atoms with van der Waals surface area (Å²) >= 11 is 0. The van der Waals surface area contributed by atoms with E-state index < -0.39 is 5.97 Å². The predicted molar refractivity (Wildman–Crippen MR) is 68.8 cm³/mol. The summed E-state index contributed by atoms with van der Waals surface area (Å²) in [5.41, 5.74) is 2.16. The highest BCUT2D eigenvalue weighted by Crippen LogP contribution is 2.30. The fraction of sp³-hybridized carbons (Fsp3) is 0.429. The summed E-state index contributed by atoms with van der Waals surface area (Å²) in [7, 11) is 0. The van der Waals surface area contributed by atoms with E-state index in [-0.39, 0.29) is 0 Å². The molecule has 0 amide bonds. The lowest BCUT2D eigenvalue weighted by atomic mass is 9.85. The van der Waals surface area contributed by atoms with Crippen LogP contribution in [0.1, 0.15) is 35.4 Å². The summed E-state index contributed by atoms with van der Waals surface area (Å²) in [6, 6.07) is 5.14. The van der Waals surface area contributed by atoms with E-state index >= 15 is 0 Å². The first-order chi connectivity index (χ1) is 8.65. The predicted octanol–water partition coefficient (Wildman–Crippen LogP) is 2.84. The number of rotatable bonds is 3. The van der Waals surface area contributed by atoms with Gasteiger partial charge >= 0.3 is 5.97 Å². The number of aromatic carboxylic acids is 1. The van der Waals surface area contributed by atoms with Crippen LogP contribution < -0.4 is 0 Å². The standard InChI is InChI=1S/C14H16N2O2/c1-9-15-12-6-5-11(14(17)18)7-13(12)16(9)8-10-3-2-4-10/h5-7,10H,2-4,8H2,1H3,(H,17,18).